The number of hydrogen-bond acceptors (Lipinski definition) is 2. The van der Waals surface area contributed by atoms with Gasteiger partial charge in [-0.2, -0.15) is 5.10 Å². The van der Waals surface area contributed by atoms with Crippen molar-refractivity contribution < 1.29 is 0 Å². The van der Waals surface area contributed by atoms with Crippen molar-refractivity contribution in [2.75, 3.05) is 0 Å². The Morgan fingerprint density at radius 2 is 1.67 bits per heavy atom. The van der Waals surface area contributed by atoms with Crippen LogP contribution in [-0.4, -0.2) is 14.8 Å². The highest BCUT2D eigenvalue weighted by Crippen LogP contribution is 2.24. The lowest BCUT2D eigenvalue weighted by atomic mass is 10.1. The smallest absolute Gasteiger partial charge is 0.200 e. The van der Waals surface area contributed by atoms with Crippen molar-refractivity contribution in [2.24, 2.45) is 0 Å². The van der Waals surface area contributed by atoms with Crippen molar-refractivity contribution in [1.82, 2.24) is 14.8 Å². The minimum atomic E-state index is 0.616. The molecule has 0 radical (unpaired) electrons. The molecule has 3 aromatic rings. The number of hydrogen-bond donors (Lipinski definition) is 1. The molecular weight excluding hydrogens is 350 g/mol. The van der Waals surface area contributed by atoms with E-state index in [4.69, 9.17) is 12.2 Å². The van der Waals surface area contributed by atoms with Gasteiger partial charge in [0.15, 0.2) is 10.6 Å². The van der Waals surface area contributed by atoms with E-state index in [1.165, 1.54) is 16.7 Å². The van der Waals surface area contributed by atoms with E-state index in [1.807, 2.05) is 32.3 Å². The van der Waals surface area contributed by atoms with Crippen molar-refractivity contribution in [3.8, 4) is 17.1 Å². The first-order valence-electron chi connectivity index (χ1n) is 10.0. The Hall–Kier alpha value is -2.20. The molecule has 0 aliphatic carbocycles. The molecule has 0 saturated carbocycles. The van der Waals surface area contributed by atoms with Gasteiger partial charge in [-0.15, -0.1) is 0 Å². The topological polar surface area (TPSA) is 33.6 Å². The number of benzene rings is 2. The van der Waals surface area contributed by atoms with Crippen molar-refractivity contribution in [3.63, 3.8) is 0 Å². The Labute approximate surface area is 169 Å². The lowest BCUT2D eigenvalue weighted by Crippen LogP contribution is -2.00. The molecule has 4 heteroatoms. The predicted octanol–water partition coefficient (Wildman–Crippen LogP) is 7.08. The van der Waals surface area contributed by atoms with E-state index in [0.717, 1.165) is 29.9 Å². The highest BCUT2D eigenvalue weighted by molar-refractivity contribution is 7.71. The normalized spacial score (nSPS) is 9.74. The minimum Gasteiger partial charge on any atom is -0.268 e. The molecule has 1 N–H and O–H groups in total. The Balaban J connectivity index is 0.000000855. The molecule has 0 bridgehead atoms. The third-order valence-electron chi connectivity index (χ3n) is 4.23. The second kappa shape index (κ2) is 11.5. The molecule has 3 nitrogen and oxygen atoms in total. The summed E-state index contributed by atoms with van der Waals surface area (Å²) in [5, 5.41) is 7.39. The molecule has 0 aliphatic rings. The average molecular weight is 384 g/mol. The lowest BCUT2D eigenvalue weighted by Gasteiger charge is -2.11. The number of rotatable bonds is 4. The molecule has 2 aromatic carbocycles. The van der Waals surface area contributed by atoms with E-state index in [-0.39, 0.29) is 0 Å². The fourth-order valence-electron chi connectivity index (χ4n) is 2.88. The molecule has 0 spiro atoms. The Morgan fingerprint density at radius 3 is 2.26 bits per heavy atom. The largest absolute Gasteiger partial charge is 0.268 e. The van der Waals surface area contributed by atoms with E-state index >= 15 is 0 Å². The first kappa shape index (κ1) is 22.8. The van der Waals surface area contributed by atoms with Crippen molar-refractivity contribution >= 4 is 12.2 Å². The molecule has 1 heterocycles. The third-order valence-corrected chi connectivity index (χ3v) is 4.50. The van der Waals surface area contributed by atoms with Crippen LogP contribution in [0.5, 0.6) is 0 Å². The van der Waals surface area contributed by atoms with Crippen LogP contribution in [0.15, 0.2) is 42.5 Å². The van der Waals surface area contributed by atoms with Gasteiger partial charge in [0, 0.05) is 5.56 Å². The maximum absolute atomic E-state index is 5.47. The van der Waals surface area contributed by atoms with Gasteiger partial charge in [-0.1, -0.05) is 65.8 Å². The van der Waals surface area contributed by atoms with Crippen LogP contribution in [0.25, 0.3) is 17.1 Å². The summed E-state index contributed by atoms with van der Waals surface area (Å²) < 4.78 is 2.63. The highest BCUT2D eigenvalue weighted by Gasteiger charge is 2.12. The quantitative estimate of drug-likeness (QED) is 0.488. The Morgan fingerprint density at radius 1 is 0.963 bits per heavy atom. The summed E-state index contributed by atoms with van der Waals surface area (Å²) in [6, 6.07) is 14.9. The van der Waals surface area contributed by atoms with Gasteiger partial charge in [0.05, 0.1) is 5.69 Å². The van der Waals surface area contributed by atoms with Crippen molar-refractivity contribution in [1.29, 1.82) is 0 Å². The second-order valence-corrected chi connectivity index (χ2v) is 6.09. The van der Waals surface area contributed by atoms with Gasteiger partial charge >= 0.3 is 0 Å². The highest BCUT2D eigenvalue weighted by atomic mass is 32.1. The summed E-state index contributed by atoms with van der Waals surface area (Å²) >= 11 is 5.47. The summed E-state index contributed by atoms with van der Waals surface area (Å²) in [6.45, 7) is 14.5. The van der Waals surface area contributed by atoms with E-state index < -0.39 is 0 Å². The molecule has 27 heavy (non-hydrogen) atoms. The summed E-state index contributed by atoms with van der Waals surface area (Å²) in [7, 11) is 0. The van der Waals surface area contributed by atoms with Gasteiger partial charge in [0.25, 0.3) is 0 Å². The van der Waals surface area contributed by atoms with Crippen molar-refractivity contribution in [3.05, 3.63) is 63.9 Å². The van der Waals surface area contributed by atoms with Crippen LogP contribution in [-0.2, 0) is 12.8 Å². The summed E-state index contributed by atoms with van der Waals surface area (Å²) in [5.41, 5.74) is 6.06. The number of nitrogens with one attached hydrogen (secondary N) is 1. The molecule has 146 valence electrons. The summed E-state index contributed by atoms with van der Waals surface area (Å²) in [5.74, 6) is 0.856. The van der Waals surface area contributed by atoms with Crippen LogP contribution in [0, 0.1) is 11.7 Å². The maximum atomic E-state index is 5.47. The van der Waals surface area contributed by atoms with E-state index in [9.17, 15) is 0 Å². The maximum Gasteiger partial charge on any atom is 0.200 e. The molecule has 0 amide bonds. The molecule has 3 rings (SSSR count). The molecule has 0 fully saturated rings. The minimum absolute atomic E-state index is 0.616. The molecule has 0 saturated heterocycles. The number of H-pyrrole nitrogens is 1. The molecular formula is C23H33N3S. The second-order valence-electron chi connectivity index (χ2n) is 5.71. The number of aryl methyl sites for hydroxylation is 3. The SMILES string of the molecule is CC.CC.CCc1cccc(-c2n[nH]c(=S)n2-c2ccc(CC)c(C)c2)c1. The van der Waals surface area contributed by atoms with E-state index in [2.05, 4.69) is 73.4 Å². The fourth-order valence-corrected chi connectivity index (χ4v) is 3.11. The van der Waals surface area contributed by atoms with Gasteiger partial charge < -0.3 is 0 Å². The molecule has 0 unspecified atom stereocenters. The first-order valence-corrected chi connectivity index (χ1v) is 10.4. The predicted molar refractivity (Wildman–Crippen MR) is 120 cm³/mol. The van der Waals surface area contributed by atoms with Crippen LogP contribution in [0.3, 0.4) is 0 Å². The number of aromatic nitrogens is 3. The van der Waals surface area contributed by atoms with E-state index in [0.29, 0.717) is 4.77 Å². The van der Waals surface area contributed by atoms with E-state index in [1.54, 1.807) is 0 Å². The Kier molecular flexibility index (Phi) is 9.73. The first-order chi connectivity index (χ1) is 13.1. The van der Waals surface area contributed by atoms with Crippen LogP contribution in [0.2, 0.25) is 0 Å². The average Bonchev–Trinajstić information content (AvgIpc) is 3.12. The van der Waals surface area contributed by atoms with Gasteiger partial charge in [-0.3, -0.25) is 9.67 Å². The van der Waals surface area contributed by atoms with Crippen molar-refractivity contribution in [2.45, 2.75) is 61.3 Å². The number of nitrogens with zero attached hydrogens (tertiary/aromatic N) is 2. The standard InChI is InChI=1S/C19H21N3S.2C2H6/c1-4-14-7-6-8-16(12-14)18-20-21-19(23)22(18)17-10-9-15(5-2)13(3)11-17;2*1-2/h6-12H,4-5H2,1-3H3,(H,21,23);2*1-2H3. The van der Waals surface area contributed by atoms with Gasteiger partial charge in [-0.05, 0) is 66.9 Å². The molecule has 1 aromatic heterocycles. The third kappa shape index (κ3) is 5.39. The van der Waals surface area contributed by atoms with Gasteiger partial charge in [-0.25, -0.2) is 0 Å². The molecule has 0 atom stereocenters. The monoisotopic (exact) mass is 383 g/mol. The zero-order valence-corrected chi connectivity index (χ0v) is 18.6. The number of aromatic amines is 1. The molecule has 0 aliphatic heterocycles. The van der Waals surface area contributed by atoms with Crippen LogP contribution in [0.4, 0.5) is 0 Å². The van der Waals surface area contributed by atoms with Crippen LogP contribution < -0.4 is 0 Å². The zero-order valence-electron chi connectivity index (χ0n) is 17.8. The lowest BCUT2D eigenvalue weighted by molar-refractivity contribution is 1.02. The van der Waals surface area contributed by atoms with Crippen LogP contribution in [0.1, 0.15) is 58.2 Å². The van der Waals surface area contributed by atoms with Crippen LogP contribution >= 0.6 is 12.2 Å². The Bertz CT molecular complexity index is 891. The van der Waals surface area contributed by atoms with Gasteiger partial charge in [0.1, 0.15) is 0 Å². The van der Waals surface area contributed by atoms with Gasteiger partial charge in [0.2, 0.25) is 0 Å². The fraction of sp³-hybridized carbons (Fsp3) is 0.391. The summed E-state index contributed by atoms with van der Waals surface area (Å²) in [4.78, 5) is 0. The summed E-state index contributed by atoms with van der Waals surface area (Å²) in [6.07, 6.45) is 2.04. The zero-order chi connectivity index (χ0) is 20.4.